The third-order valence-electron chi connectivity index (χ3n) is 4.65. The van der Waals surface area contributed by atoms with Crippen LogP contribution in [0.4, 0.5) is 0 Å². The van der Waals surface area contributed by atoms with Gasteiger partial charge in [-0.1, -0.05) is 30.3 Å². The Labute approximate surface area is 140 Å². The standard InChI is InChI=1S/C19H20N2O3/c1-19(2)11-15-14(12-24-19)17(13-7-4-3-5-8-13)21(20-15)18(22)16-9-6-10-23-16/h3-10,14,17H,11-12H2,1-2H3/t14-,17-/m0/s1. The molecule has 0 saturated carbocycles. The van der Waals surface area contributed by atoms with Crippen molar-refractivity contribution < 1.29 is 13.9 Å². The minimum atomic E-state index is -0.250. The molecular weight excluding hydrogens is 304 g/mol. The van der Waals surface area contributed by atoms with Crippen molar-refractivity contribution in [3.63, 3.8) is 0 Å². The van der Waals surface area contributed by atoms with Gasteiger partial charge in [-0.3, -0.25) is 4.79 Å². The average Bonchev–Trinajstić information content (AvgIpc) is 3.21. The number of hydrazone groups is 1. The molecule has 24 heavy (non-hydrogen) atoms. The molecule has 0 aliphatic carbocycles. The Morgan fingerprint density at radius 3 is 2.71 bits per heavy atom. The van der Waals surface area contributed by atoms with Crippen LogP contribution in [0.25, 0.3) is 0 Å². The number of hydrogen-bond donors (Lipinski definition) is 0. The molecule has 2 atom stereocenters. The third kappa shape index (κ3) is 2.55. The molecule has 1 fully saturated rings. The Kier molecular flexibility index (Phi) is 3.53. The van der Waals surface area contributed by atoms with Crippen LogP contribution in [0.15, 0.2) is 58.2 Å². The van der Waals surface area contributed by atoms with Crippen LogP contribution in [0.1, 0.15) is 42.4 Å². The van der Waals surface area contributed by atoms with Crippen molar-refractivity contribution in [2.45, 2.75) is 31.9 Å². The van der Waals surface area contributed by atoms with Crippen molar-refractivity contribution >= 4 is 11.6 Å². The van der Waals surface area contributed by atoms with Crippen LogP contribution in [0, 0.1) is 5.92 Å². The number of ether oxygens (including phenoxy) is 1. The molecule has 0 bridgehead atoms. The summed E-state index contributed by atoms with van der Waals surface area (Å²) in [7, 11) is 0. The number of carbonyl (C=O) groups excluding carboxylic acids is 1. The second-order valence-corrected chi connectivity index (χ2v) is 6.93. The molecule has 0 radical (unpaired) electrons. The van der Waals surface area contributed by atoms with E-state index < -0.39 is 0 Å². The van der Waals surface area contributed by atoms with Crippen LogP contribution in [0.5, 0.6) is 0 Å². The van der Waals surface area contributed by atoms with Gasteiger partial charge in [-0.25, -0.2) is 5.01 Å². The van der Waals surface area contributed by atoms with Crippen LogP contribution >= 0.6 is 0 Å². The zero-order valence-corrected chi connectivity index (χ0v) is 13.8. The van der Waals surface area contributed by atoms with Gasteiger partial charge in [0.15, 0.2) is 5.76 Å². The smallest absolute Gasteiger partial charge is 0.310 e. The molecule has 5 nitrogen and oxygen atoms in total. The maximum atomic E-state index is 12.9. The highest BCUT2D eigenvalue weighted by Crippen LogP contribution is 2.42. The number of rotatable bonds is 2. The summed E-state index contributed by atoms with van der Waals surface area (Å²) >= 11 is 0. The number of amides is 1. The lowest BCUT2D eigenvalue weighted by Gasteiger charge is -2.35. The van der Waals surface area contributed by atoms with Crippen molar-refractivity contribution in [2.24, 2.45) is 11.0 Å². The van der Waals surface area contributed by atoms with Crippen LogP contribution in [0.2, 0.25) is 0 Å². The van der Waals surface area contributed by atoms with E-state index in [4.69, 9.17) is 9.15 Å². The summed E-state index contributed by atoms with van der Waals surface area (Å²) in [6.45, 7) is 4.67. The van der Waals surface area contributed by atoms with E-state index in [-0.39, 0.29) is 23.5 Å². The first-order valence-corrected chi connectivity index (χ1v) is 8.18. The Hall–Kier alpha value is -2.40. The lowest BCUT2D eigenvalue weighted by atomic mass is 9.83. The first-order valence-electron chi connectivity index (χ1n) is 8.18. The maximum absolute atomic E-state index is 12.9. The maximum Gasteiger partial charge on any atom is 0.310 e. The van der Waals surface area contributed by atoms with Gasteiger partial charge in [-0.2, -0.15) is 5.10 Å². The van der Waals surface area contributed by atoms with E-state index in [0.29, 0.717) is 12.4 Å². The molecule has 3 heterocycles. The summed E-state index contributed by atoms with van der Waals surface area (Å²) in [6, 6.07) is 13.2. The quantitative estimate of drug-likeness (QED) is 0.847. The lowest BCUT2D eigenvalue weighted by Crippen LogP contribution is -2.41. The highest BCUT2D eigenvalue weighted by atomic mass is 16.5. The van der Waals surface area contributed by atoms with Crippen molar-refractivity contribution in [1.29, 1.82) is 0 Å². The van der Waals surface area contributed by atoms with Crippen molar-refractivity contribution in [1.82, 2.24) is 5.01 Å². The molecule has 2 aliphatic rings. The SMILES string of the molecule is CC1(C)CC2=NN(C(=O)c3ccco3)[C@@H](c3ccccc3)[C@H]2CO1. The van der Waals surface area contributed by atoms with Gasteiger partial charge in [0.2, 0.25) is 0 Å². The fourth-order valence-corrected chi connectivity index (χ4v) is 3.49. The van der Waals surface area contributed by atoms with E-state index in [1.807, 2.05) is 30.3 Å². The molecule has 0 N–H and O–H groups in total. The molecule has 2 aliphatic heterocycles. The lowest BCUT2D eigenvalue weighted by molar-refractivity contribution is -0.0425. The van der Waals surface area contributed by atoms with Crippen LogP contribution < -0.4 is 0 Å². The van der Waals surface area contributed by atoms with E-state index in [0.717, 1.165) is 17.7 Å². The van der Waals surface area contributed by atoms with Crippen molar-refractivity contribution in [2.75, 3.05) is 6.61 Å². The molecule has 1 aromatic carbocycles. The van der Waals surface area contributed by atoms with Crippen LogP contribution in [-0.4, -0.2) is 28.8 Å². The van der Waals surface area contributed by atoms with Gasteiger partial charge in [0, 0.05) is 18.1 Å². The molecule has 1 aromatic heterocycles. The molecule has 124 valence electrons. The van der Waals surface area contributed by atoms with Gasteiger partial charge in [0.05, 0.1) is 24.5 Å². The highest BCUT2D eigenvalue weighted by molar-refractivity contribution is 5.97. The normalized spacial score (nSPS) is 25.2. The minimum absolute atomic E-state index is 0.0827. The second kappa shape index (κ2) is 5.60. The first-order chi connectivity index (χ1) is 11.6. The van der Waals surface area contributed by atoms with Gasteiger partial charge in [0.1, 0.15) is 0 Å². The Morgan fingerprint density at radius 2 is 2.00 bits per heavy atom. The van der Waals surface area contributed by atoms with E-state index in [9.17, 15) is 4.79 Å². The number of nitrogens with zero attached hydrogens (tertiary/aromatic N) is 2. The average molecular weight is 324 g/mol. The molecule has 2 aromatic rings. The topological polar surface area (TPSA) is 55.0 Å². The van der Waals surface area contributed by atoms with Crippen molar-refractivity contribution in [3.05, 3.63) is 60.1 Å². The van der Waals surface area contributed by atoms with E-state index in [2.05, 4.69) is 18.9 Å². The Balaban J connectivity index is 1.74. The summed E-state index contributed by atoms with van der Waals surface area (Å²) in [4.78, 5) is 12.9. The first kappa shape index (κ1) is 15.1. The number of furan rings is 1. The largest absolute Gasteiger partial charge is 0.459 e. The zero-order chi connectivity index (χ0) is 16.7. The number of benzene rings is 1. The summed E-state index contributed by atoms with van der Waals surface area (Å²) < 4.78 is 11.3. The molecule has 1 saturated heterocycles. The molecule has 0 spiro atoms. The summed E-state index contributed by atoms with van der Waals surface area (Å²) in [5.74, 6) is 0.173. The van der Waals surface area contributed by atoms with E-state index in [1.54, 1.807) is 17.1 Å². The van der Waals surface area contributed by atoms with Gasteiger partial charge in [0.25, 0.3) is 0 Å². The van der Waals surface area contributed by atoms with Gasteiger partial charge < -0.3 is 9.15 Å². The fraction of sp³-hybridized carbons (Fsp3) is 0.368. The molecule has 4 rings (SSSR count). The predicted octanol–water partition coefficient (Wildman–Crippen LogP) is 3.65. The highest BCUT2D eigenvalue weighted by Gasteiger charge is 2.46. The van der Waals surface area contributed by atoms with Crippen LogP contribution in [-0.2, 0) is 4.74 Å². The minimum Gasteiger partial charge on any atom is -0.459 e. The number of fused-ring (bicyclic) bond motifs is 1. The second-order valence-electron chi connectivity index (χ2n) is 6.93. The zero-order valence-electron chi connectivity index (χ0n) is 13.8. The fourth-order valence-electron chi connectivity index (χ4n) is 3.49. The monoisotopic (exact) mass is 324 g/mol. The number of carbonyl (C=O) groups is 1. The molecule has 0 unspecified atom stereocenters. The molecule has 5 heteroatoms. The van der Waals surface area contributed by atoms with Crippen LogP contribution in [0.3, 0.4) is 0 Å². The summed E-state index contributed by atoms with van der Waals surface area (Å²) in [6.07, 6.45) is 2.23. The predicted molar refractivity (Wildman–Crippen MR) is 89.6 cm³/mol. The summed E-state index contributed by atoms with van der Waals surface area (Å²) in [5.41, 5.74) is 1.84. The molecular formula is C19H20N2O3. The summed E-state index contributed by atoms with van der Waals surface area (Å²) in [5, 5.41) is 6.25. The van der Waals surface area contributed by atoms with Gasteiger partial charge in [-0.15, -0.1) is 0 Å². The third-order valence-corrected chi connectivity index (χ3v) is 4.65. The molecule has 1 amide bonds. The Bertz CT molecular complexity index is 765. The van der Waals surface area contributed by atoms with E-state index >= 15 is 0 Å². The number of hydrogen-bond acceptors (Lipinski definition) is 4. The van der Waals surface area contributed by atoms with Crippen molar-refractivity contribution in [3.8, 4) is 0 Å². The van der Waals surface area contributed by atoms with E-state index in [1.165, 1.54) is 6.26 Å². The van der Waals surface area contributed by atoms with Gasteiger partial charge >= 0.3 is 5.91 Å². The van der Waals surface area contributed by atoms with Gasteiger partial charge in [-0.05, 0) is 31.5 Å². The Morgan fingerprint density at radius 1 is 1.21 bits per heavy atom.